The van der Waals surface area contributed by atoms with Crippen LogP contribution >= 0.6 is 0 Å². The quantitative estimate of drug-likeness (QED) is 0.655. The van der Waals surface area contributed by atoms with Crippen molar-refractivity contribution >= 4 is 21.7 Å². The van der Waals surface area contributed by atoms with Crippen LogP contribution in [0.1, 0.15) is 41.8 Å². The van der Waals surface area contributed by atoms with E-state index in [1.165, 1.54) is 35.5 Å². The molecular weight excluding hydrogens is 404 g/mol. The lowest BCUT2D eigenvalue weighted by atomic mass is 9.97. The molecular formula is C22H26N2O5S. The van der Waals surface area contributed by atoms with Gasteiger partial charge in [-0.15, -0.1) is 0 Å². The molecule has 3 rings (SSSR count). The Morgan fingerprint density at radius 2 is 1.67 bits per heavy atom. The molecule has 0 bridgehead atoms. The largest absolute Gasteiger partial charge is 0.387 e. The average molecular weight is 431 g/mol. The van der Waals surface area contributed by atoms with Gasteiger partial charge in [0, 0.05) is 31.1 Å². The molecule has 0 aromatic heterocycles. The van der Waals surface area contributed by atoms with Gasteiger partial charge < -0.3 is 10.4 Å². The zero-order valence-electron chi connectivity index (χ0n) is 16.8. The first kappa shape index (κ1) is 22.1. The van der Waals surface area contributed by atoms with Crippen molar-refractivity contribution in [2.24, 2.45) is 5.92 Å². The fourth-order valence-electron chi connectivity index (χ4n) is 3.50. The summed E-state index contributed by atoms with van der Waals surface area (Å²) >= 11 is 0. The minimum atomic E-state index is -3.67. The summed E-state index contributed by atoms with van der Waals surface area (Å²) in [6, 6.07) is 15.0. The van der Waals surface area contributed by atoms with Crippen molar-refractivity contribution in [3.8, 4) is 0 Å². The Kier molecular flexibility index (Phi) is 7.02. The van der Waals surface area contributed by atoms with Gasteiger partial charge in [0.1, 0.15) is 0 Å². The number of aliphatic hydroxyl groups is 1. The van der Waals surface area contributed by atoms with Gasteiger partial charge in [-0.05, 0) is 37.5 Å². The van der Waals surface area contributed by atoms with Crippen LogP contribution in [0.5, 0.6) is 0 Å². The van der Waals surface area contributed by atoms with E-state index in [1.54, 1.807) is 12.1 Å². The molecule has 2 aromatic rings. The molecule has 0 aliphatic carbocycles. The van der Waals surface area contributed by atoms with Crippen molar-refractivity contribution in [2.75, 3.05) is 19.6 Å². The molecule has 1 unspecified atom stereocenters. The van der Waals surface area contributed by atoms with Crippen molar-refractivity contribution in [1.29, 1.82) is 0 Å². The first-order chi connectivity index (χ1) is 14.3. The molecule has 1 atom stereocenters. The second-order valence-corrected chi connectivity index (χ2v) is 9.37. The zero-order chi connectivity index (χ0) is 21.7. The van der Waals surface area contributed by atoms with Crippen molar-refractivity contribution in [3.63, 3.8) is 0 Å². The molecule has 160 valence electrons. The van der Waals surface area contributed by atoms with Gasteiger partial charge in [0.15, 0.2) is 5.78 Å². The Balaban J connectivity index is 1.53. The lowest BCUT2D eigenvalue weighted by Crippen LogP contribution is -2.43. The van der Waals surface area contributed by atoms with Gasteiger partial charge in [-0.1, -0.05) is 42.5 Å². The lowest BCUT2D eigenvalue weighted by Gasteiger charge is -2.30. The van der Waals surface area contributed by atoms with Gasteiger partial charge in [-0.3, -0.25) is 9.59 Å². The maximum atomic E-state index is 12.8. The number of hydrogen-bond acceptors (Lipinski definition) is 5. The molecule has 2 aromatic carbocycles. The van der Waals surface area contributed by atoms with Crippen LogP contribution in [0.2, 0.25) is 0 Å². The van der Waals surface area contributed by atoms with E-state index < -0.39 is 16.1 Å². The minimum absolute atomic E-state index is 0.115. The molecule has 1 amide bonds. The monoisotopic (exact) mass is 430 g/mol. The van der Waals surface area contributed by atoms with Crippen LogP contribution in [0.4, 0.5) is 0 Å². The number of carbonyl (C=O) groups is 2. The summed E-state index contributed by atoms with van der Waals surface area (Å²) in [6.45, 7) is 2.04. The highest BCUT2D eigenvalue weighted by Gasteiger charge is 2.32. The first-order valence-corrected chi connectivity index (χ1v) is 11.3. The van der Waals surface area contributed by atoms with E-state index >= 15 is 0 Å². The summed E-state index contributed by atoms with van der Waals surface area (Å²) < 4.78 is 27.0. The number of nitrogens with one attached hydrogen (secondary N) is 1. The number of piperidine rings is 1. The summed E-state index contributed by atoms with van der Waals surface area (Å²) in [5.74, 6) is -0.587. The second kappa shape index (κ2) is 9.51. The summed E-state index contributed by atoms with van der Waals surface area (Å²) in [6.07, 6.45) is 0.0457. The molecule has 8 heteroatoms. The summed E-state index contributed by atoms with van der Waals surface area (Å²) in [4.78, 5) is 24.0. The van der Waals surface area contributed by atoms with E-state index in [1.807, 2.05) is 18.2 Å². The van der Waals surface area contributed by atoms with E-state index in [2.05, 4.69) is 5.32 Å². The minimum Gasteiger partial charge on any atom is -0.387 e. The van der Waals surface area contributed by atoms with Crippen LogP contribution in [-0.2, 0) is 14.8 Å². The van der Waals surface area contributed by atoms with E-state index in [9.17, 15) is 23.1 Å². The summed E-state index contributed by atoms with van der Waals surface area (Å²) in [5.41, 5.74) is 1.19. The maximum absolute atomic E-state index is 12.8. The number of amides is 1. The zero-order valence-corrected chi connectivity index (χ0v) is 17.6. The van der Waals surface area contributed by atoms with Crippen LogP contribution in [0.15, 0.2) is 59.5 Å². The molecule has 0 saturated carbocycles. The molecule has 1 saturated heterocycles. The number of sulfonamides is 1. The molecule has 1 fully saturated rings. The standard InChI is InChI=1S/C22H26N2O5S/c1-16(25)17-7-9-20(10-8-17)30(28,29)24-13-11-19(12-14-24)22(27)23-15-21(26)18-5-3-2-4-6-18/h2-10,19,21,26H,11-15H2,1H3,(H,23,27). The van der Waals surface area contributed by atoms with Gasteiger partial charge >= 0.3 is 0 Å². The number of aliphatic hydroxyl groups excluding tert-OH is 1. The Hall–Kier alpha value is -2.55. The topological polar surface area (TPSA) is 104 Å². The first-order valence-electron chi connectivity index (χ1n) is 9.91. The number of benzene rings is 2. The Morgan fingerprint density at radius 1 is 1.07 bits per heavy atom. The Bertz CT molecular complexity index is 982. The molecule has 7 nitrogen and oxygen atoms in total. The maximum Gasteiger partial charge on any atom is 0.243 e. The van der Waals surface area contributed by atoms with Crippen molar-refractivity contribution < 1.29 is 23.1 Å². The third kappa shape index (κ3) is 5.13. The highest BCUT2D eigenvalue weighted by molar-refractivity contribution is 7.89. The predicted molar refractivity (Wildman–Crippen MR) is 112 cm³/mol. The second-order valence-electron chi connectivity index (χ2n) is 7.43. The van der Waals surface area contributed by atoms with Crippen molar-refractivity contribution in [3.05, 3.63) is 65.7 Å². The van der Waals surface area contributed by atoms with Crippen molar-refractivity contribution in [2.45, 2.75) is 30.8 Å². The molecule has 0 spiro atoms. The predicted octanol–water partition coefficient (Wildman–Crippen LogP) is 2.14. The van der Waals surface area contributed by atoms with Crippen LogP contribution < -0.4 is 5.32 Å². The molecule has 30 heavy (non-hydrogen) atoms. The molecule has 1 aliphatic rings. The number of ketones is 1. The summed E-state index contributed by atoms with van der Waals surface area (Å²) in [7, 11) is -3.67. The van der Waals surface area contributed by atoms with Gasteiger partial charge in [0.25, 0.3) is 0 Å². The van der Waals surface area contributed by atoms with E-state index in [0.717, 1.165) is 5.56 Å². The van der Waals surface area contributed by atoms with Crippen molar-refractivity contribution in [1.82, 2.24) is 9.62 Å². The van der Waals surface area contributed by atoms with E-state index in [0.29, 0.717) is 18.4 Å². The smallest absolute Gasteiger partial charge is 0.243 e. The molecule has 1 aliphatic heterocycles. The van der Waals surface area contributed by atoms with Gasteiger partial charge in [-0.25, -0.2) is 8.42 Å². The fourth-order valence-corrected chi connectivity index (χ4v) is 4.97. The van der Waals surface area contributed by atoms with Gasteiger partial charge in [0.05, 0.1) is 11.0 Å². The van der Waals surface area contributed by atoms with Gasteiger partial charge in [-0.2, -0.15) is 4.31 Å². The number of hydrogen-bond donors (Lipinski definition) is 2. The number of rotatable bonds is 7. The average Bonchev–Trinajstić information content (AvgIpc) is 2.78. The normalized spacial score (nSPS) is 16.7. The van der Waals surface area contributed by atoms with Gasteiger partial charge in [0.2, 0.25) is 15.9 Å². The molecule has 2 N–H and O–H groups in total. The fraction of sp³-hybridized carbons (Fsp3) is 0.364. The Morgan fingerprint density at radius 3 is 2.23 bits per heavy atom. The number of carbonyl (C=O) groups excluding carboxylic acids is 2. The SMILES string of the molecule is CC(=O)c1ccc(S(=O)(=O)N2CCC(C(=O)NCC(O)c3ccccc3)CC2)cc1. The van der Waals surface area contributed by atoms with Crippen LogP contribution in [-0.4, -0.2) is 49.2 Å². The van der Waals surface area contributed by atoms with E-state index in [-0.39, 0.29) is 42.1 Å². The highest BCUT2D eigenvalue weighted by atomic mass is 32.2. The van der Waals surface area contributed by atoms with Crippen LogP contribution in [0.3, 0.4) is 0 Å². The Labute approximate surface area is 176 Å². The number of Topliss-reactive ketones (excluding diaryl/α,β-unsaturated/α-hetero) is 1. The molecule has 1 heterocycles. The summed E-state index contributed by atoms with van der Waals surface area (Å²) in [5, 5.41) is 12.9. The third-order valence-corrected chi connectivity index (χ3v) is 7.29. The van der Waals surface area contributed by atoms with E-state index in [4.69, 9.17) is 0 Å². The third-order valence-electron chi connectivity index (χ3n) is 5.38. The lowest BCUT2D eigenvalue weighted by molar-refractivity contribution is -0.126. The van der Waals surface area contributed by atoms with Crippen LogP contribution in [0.25, 0.3) is 0 Å². The number of nitrogens with zero attached hydrogens (tertiary/aromatic N) is 1. The highest BCUT2D eigenvalue weighted by Crippen LogP contribution is 2.24. The van der Waals surface area contributed by atoms with Crippen LogP contribution in [0, 0.1) is 5.92 Å². The molecule has 0 radical (unpaired) electrons.